The van der Waals surface area contributed by atoms with Crippen molar-refractivity contribution in [2.75, 3.05) is 13.1 Å². The number of hydrogen-bond acceptors (Lipinski definition) is 5. The number of carbonyl (C=O) groups is 1. The van der Waals surface area contributed by atoms with Crippen LogP contribution in [-0.2, 0) is 0 Å². The summed E-state index contributed by atoms with van der Waals surface area (Å²) in [5.74, 6) is 0.245. The third kappa shape index (κ3) is 3.89. The Morgan fingerprint density at radius 1 is 1.26 bits per heavy atom. The van der Waals surface area contributed by atoms with E-state index in [9.17, 15) is 4.79 Å². The van der Waals surface area contributed by atoms with Crippen LogP contribution in [0.4, 0.5) is 4.79 Å². The topological polar surface area (TPSA) is 91.1 Å². The van der Waals surface area contributed by atoms with E-state index >= 15 is 0 Å². The largest absolute Gasteiger partial charge is 0.470 e. The first-order chi connectivity index (χ1) is 11.3. The molecule has 1 atom stereocenters. The Kier molecular flexibility index (Phi) is 4.91. The van der Waals surface area contributed by atoms with Gasteiger partial charge in [0.25, 0.3) is 5.88 Å². The monoisotopic (exact) mass is 315 g/mol. The number of ether oxygens (including phenoxy) is 1. The van der Waals surface area contributed by atoms with E-state index in [1.165, 1.54) is 31.7 Å². The number of hydrogen-bond donors (Lipinski definition) is 1. The van der Waals surface area contributed by atoms with E-state index in [2.05, 4.69) is 15.3 Å². The highest BCUT2D eigenvalue weighted by molar-refractivity contribution is 5.74. The molecule has 0 radical (unpaired) electrons. The first-order valence-corrected chi connectivity index (χ1v) is 8.19. The second-order valence-electron chi connectivity index (χ2n) is 6.08. The fraction of sp³-hybridized carbons (Fsp3) is 0.625. The van der Waals surface area contributed by atoms with Gasteiger partial charge >= 0.3 is 6.03 Å². The third-order valence-electron chi connectivity index (χ3n) is 4.41. The smallest absolute Gasteiger partial charge is 0.317 e. The molecule has 3 rings (SSSR count). The van der Waals surface area contributed by atoms with Crippen LogP contribution in [-0.4, -0.2) is 46.1 Å². The van der Waals surface area contributed by atoms with Gasteiger partial charge in [0.1, 0.15) is 12.2 Å². The van der Waals surface area contributed by atoms with Crippen molar-refractivity contribution in [1.82, 2.24) is 20.2 Å². The van der Waals surface area contributed by atoms with Crippen LogP contribution in [0.3, 0.4) is 0 Å². The summed E-state index contributed by atoms with van der Waals surface area (Å²) >= 11 is 0. The minimum absolute atomic E-state index is 0.0114. The molecule has 122 valence electrons. The zero-order valence-electron chi connectivity index (χ0n) is 13.1. The molecule has 2 heterocycles. The molecule has 1 saturated heterocycles. The van der Waals surface area contributed by atoms with Crippen LogP contribution in [0, 0.1) is 11.3 Å². The van der Waals surface area contributed by atoms with Gasteiger partial charge in [-0.15, -0.1) is 0 Å². The molecule has 1 aromatic heterocycles. The molecule has 2 fully saturated rings. The molecule has 1 aliphatic carbocycles. The number of nitrogens with one attached hydrogen (secondary N) is 1. The molecule has 0 bridgehead atoms. The molecule has 23 heavy (non-hydrogen) atoms. The van der Waals surface area contributed by atoms with Crippen LogP contribution in [0.2, 0.25) is 0 Å². The molecule has 1 aliphatic heterocycles. The first-order valence-electron chi connectivity index (χ1n) is 8.19. The maximum absolute atomic E-state index is 12.3. The van der Waals surface area contributed by atoms with Crippen molar-refractivity contribution in [3.05, 3.63) is 18.1 Å². The van der Waals surface area contributed by atoms with Crippen molar-refractivity contribution in [3.8, 4) is 11.9 Å². The van der Waals surface area contributed by atoms with E-state index in [1.807, 2.05) is 6.07 Å². The van der Waals surface area contributed by atoms with E-state index in [1.54, 1.807) is 4.90 Å². The lowest BCUT2D eigenvalue weighted by Crippen LogP contribution is -2.45. The van der Waals surface area contributed by atoms with Crippen molar-refractivity contribution in [1.29, 1.82) is 5.26 Å². The number of nitrogens with zero attached hydrogens (tertiary/aromatic N) is 4. The van der Waals surface area contributed by atoms with Crippen molar-refractivity contribution in [3.63, 3.8) is 0 Å². The first kappa shape index (κ1) is 15.5. The molecule has 1 saturated carbocycles. The second-order valence-corrected chi connectivity index (χ2v) is 6.08. The van der Waals surface area contributed by atoms with Crippen molar-refractivity contribution < 1.29 is 9.53 Å². The highest BCUT2D eigenvalue weighted by atomic mass is 16.5. The van der Waals surface area contributed by atoms with Crippen LogP contribution >= 0.6 is 0 Å². The number of amides is 2. The molecule has 7 nitrogen and oxygen atoms in total. The average molecular weight is 315 g/mol. The highest BCUT2D eigenvalue weighted by Gasteiger charge is 2.29. The van der Waals surface area contributed by atoms with Crippen LogP contribution in [0.5, 0.6) is 5.88 Å². The van der Waals surface area contributed by atoms with E-state index in [0.29, 0.717) is 19.1 Å². The van der Waals surface area contributed by atoms with E-state index in [-0.39, 0.29) is 23.7 Å². The third-order valence-corrected chi connectivity index (χ3v) is 4.41. The Morgan fingerprint density at radius 2 is 2.04 bits per heavy atom. The van der Waals surface area contributed by atoms with Gasteiger partial charge in [-0.25, -0.2) is 14.8 Å². The van der Waals surface area contributed by atoms with Gasteiger partial charge in [-0.05, 0) is 12.8 Å². The Balaban J connectivity index is 1.52. The fourth-order valence-electron chi connectivity index (χ4n) is 3.17. The van der Waals surface area contributed by atoms with Gasteiger partial charge in [0.15, 0.2) is 0 Å². The summed E-state index contributed by atoms with van der Waals surface area (Å²) in [5, 5.41) is 12.1. The van der Waals surface area contributed by atoms with E-state index in [4.69, 9.17) is 10.00 Å². The average Bonchev–Trinajstić information content (AvgIpc) is 3.05. The molecule has 1 aromatic rings. The summed E-state index contributed by atoms with van der Waals surface area (Å²) in [5.41, 5.74) is 0.178. The second kappa shape index (κ2) is 7.27. The lowest BCUT2D eigenvalue weighted by molar-refractivity contribution is 0.178. The normalized spacial score (nSPS) is 21.7. The van der Waals surface area contributed by atoms with Crippen LogP contribution in [0.15, 0.2) is 12.4 Å². The molecule has 2 amide bonds. The maximum atomic E-state index is 12.3. The molecule has 2 aliphatic rings. The predicted octanol–water partition coefficient (Wildman–Crippen LogP) is 1.84. The standard InChI is InChI=1S/C16H21N5O2/c17-10-14-15(19-8-7-18-14)23-13-6-9-21(11-13)16(22)20-12-4-2-1-3-5-12/h7-8,12-13H,1-6,9,11H2,(H,20,22)/t13-/m1/s1. The molecule has 1 N–H and O–H groups in total. The summed E-state index contributed by atoms with van der Waals surface area (Å²) in [7, 11) is 0. The van der Waals surface area contributed by atoms with Crippen LogP contribution in [0.1, 0.15) is 44.2 Å². The van der Waals surface area contributed by atoms with Gasteiger partial charge in [-0.2, -0.15) is 5.26 Å². The number of urea groups is 1. The van der Waals surface area contributed by atoms with Crippen molar-refractivity contribution in [2.45, 2.75) is 50.7 Å². The van der Waals surface area contributed by atoms with E-state index < -0.39 is 0 Å². The van der Waals surface area contributed by atoms with Gasteiger partial charge in [-0.3, -0.25) is 0 Å². The SMILES string of the molecule is N#Cc1nccnc1O[C@@H]1CCN(C(=O)NC2CCCCC2)C1. The summed E-state index contributed by atoms with van der Waals surface area (Å²) in [6.07, 6.45) is 9.36. The van der Waals surface area contributed by atoms with Gasteiger partial charge < -0.3 is 15.0 Å². The number of likely N-dealkylation sites (tertiary alicyclic amines) is 1. The number of aromatic nitrogens is 2. The molecular formula is C16H21N5O2. The van der Waals surface area contributed by atoms with Gasteiger partial charge in [-0.1, -0.05) is 19.3 Å². The van der Waals surface area contributed by atoms with Crippen LogP contribution in [0.25, 0.3) is 0 Å². The maximum Gasteiger partial charge on any atom is 0.317 e. The lowest BCUT2D eigenvalue weighted by atomic mass is 9.96. The van der Waals surface area contributed by atoms with E-state index in [0.717, 1.165) is 19.3 Å². The fourth-order valence-corrected chi connectivity index (χ4v) is 3.17. The molecule has 0 spiro atoms. The van der Waals surface area contributed by atoms with Gasteiger partial charge in [0.05, 0.1) is 6.54 Å². The van der Waals surface area contributed by atoms with Crippen molar-refractivity contribution in [2.24, 2.45) is 0 Å². The quantitative estimate of drug-likeness (QED) is 0.919. The summed E-state index contributed by atoms with van der Waals surface area (Å²) in [6.45, 7) is 1.17. The lowest BCUT2D eigenvalue weighted by Gasteiger charge is -2.26. The van der Waals surface area contributed by atoms with Gasteiger partial charge in [0, 0.05) is 31.4 Å². The Labute approximate surface area is 135 Å². The predicted molar refractivity (Wildman–Crippen MR) is 82.8 cm³/mol. The Morgan fingerprint density at radius 3 is 2.83 bits per heavy atom. The molecule has 0 aromatic carbocycles. The Hall–Kier alpha value is -2.36. The zero-order chi connectivity index (χ0) is 16.1. The van der Waals surface area contributed by atoms with Gasteiger partial charge in [0.2, 0.25) is 5.69 Å². The number of rotatable bonds is 3. The minimum Gasteiger partial charge on any atom is -0.470 e. The minimum atomic E-state index is -0.143. The highest BCUT2D eigenvalue weighted by Crippen LogP contribution is 2.20. The van der Waals surface area contributed by atoms with Crippen molar-refractivity contribution >= 4 is 6.03 Å². The molecular weight excluding hydrogens is 294 g/mol. The zero-order valence-corrected chi connectivity index (χ0v) is 13.1. The van der Waals surface area contributed by atoms with Crippen LogP contribution < -0.4 is 10.1 Å². The number of nitriles is 1. The summed E-state index contributed by atoms with van der Waals surface area (Å²) < 4.78 is 5.75. The summed E-state index contributed by atoms with van der Waals surface area (Å²) in [6, 6.07) is 2.26. The molecule has 7 heteroatoms. The molecule has 0 unspecified atom stereocenters. The number of carbonyl (C=O) groups excluding carboxylic acids is 1. The Bertz CT molecular complexity index is 594. The summed E-state index contributed by atoms with van der Waals surface area (Å²) in [4.78, 5) is 22.1.